The number of nitrogens with one attached hydrogen (secondary N) is 1. The molecule has 0 unspecified atom stereocenters. The minimum absolute atomic E-state index is 0.237. The van der Waals surface area contributed by atoms with Crippen LogP contribution in [0.3, 0.4) is 0 Å². The van der Waals surface area contributed by atoms with Gasteiger partial charge in [0.05, 0.1) is 33.7 Å². The maximum atomic E-state index is 12.6. The number of para-hydroxylation sites is 1. The van der Waals surface area contributed by atoms with Crippen LogP contribution in [0, 0.1) is 0 Å². The lowest BCUT2D eigenvalue weighted by atomic mass is 10.2. The van der Waals surface area contributed by atoms with Gasteiger partial charge in [0, 0.05) is 25.1 Å². The van der Waals surface area contributed by atoms with Crippen molar-refractivity contribution < 1.29 is 23.9 Å². The molecule has 0 spiro atoms. The Labute approximate surface area is 165 Å². The first-order valence-electron chi connectivity index (χ1n) is 9.01. The second-order valence-corrected chi connectivity index (χ2v) is 7.66. The Bertz CT molecular complexity index is 786. The molecule has 0 aromatic heterocycles. The molecular formula is C21H27N3O4. The molecule has 0 aliphatic rings. The third-order valence-corrected chi connectivity index (χ3v) is 4.02. The van der Waals surface area contributed by atoms with Gasteiger partial charge in [-0.25, -0.2) is 4.79 Å². The molecule has 2 amide bonds. The summed E-state index contributed by atoms with van der Waals surface area (Å²) in [5.41, 5.74) is 0.662. The predicted molar refractivity (Wildman–Crippen MR) is 106 cm³/mol. The van der Waals surface area contributed by atoms with Crippen LogP contribution < -0.4 is 20.1 Å². The highest BCUT2D eigenvalue weighted by Crippen LogP contribution is 2.24. The Morgan fingerprint density at radius 1 is 1.04 bits per heavy atom. The Morgan fingerprint density at radius 3 is 2.14 bits per heavy atom. The first-order valence-corrected chi connectivity index (χ1v) is 9.01. The Morgan fingerprint density at radius 2 is 1.61 bits per heavy atom. The first-order chi connectivity index (χ1) is 13.1. The molecule has 2 aromatic carbocycles. The van der Waals surface area contributed by atoms with Crippen molar-refractivity contribution in [3.8, 4) is 11.5 Å². The molecule has 1 N–H and O–H groups in total. The van der Waals surface area contributed by atoms with Gasteiger partial charge in [-0.05, 0) is 36.4 Å². The van der Waals surface area contributed by atoms with E-state index in [-0.39, 0.29) is 12.5 Å². The number of anilines is 1. The van der Waals surface area contributed by atoms with Crippen LogP contribution in [-0.4, -0.2) is 57.3 Å². The normalized spacial score (nSPS) is 12.1. The number of hydrogen-bond acceptors (Lipinski definition) is 4. The van der Waals surface area contributed by atoms with Gasteiger partial charge >= 0.3 is 6.03 Å². The lowest BCUT2D eigenvalue weighted by Crippen LogP contribution is -2.53. The molecule has 0 saturated heterocycles. The third-order valence-electron chi connectivity index (χ3n) is 4.02. The average Bonchev–Trinajstić information content (AvgIpc) is 2.60. The molecule has 0 saturated carbocycles. The second kappa shape index (κ2) is 9.23. The SMILES string of the molecule is CN(C(=O)N[C@H](CC(=O)[O-])C[N+](C)(C)C)c1ccc(Oc2ccccc2)cc1. The average molecular weight is 385 g/mol. The zero-order valence-electron chi connectivity index (χ0n) is 16.7. The van der Waals surface area contributed by atoms with E-state index in [9.17, 15) is 14.7 Å². The van der Waals surface area contributed by atoms with Crippen molar-refractivity contribution in [3.05, 3.63) is 54.6 Å². The van der Waals surface area contributed by atoms with E-state index < -0.39 is 12.0 Å². The number of aliphatic carboxylic acids is 1. The Balaban J connectivity index is 2.01. The number of amides is 2. The summed E-state index contributed by atoms with van der Waals surface area (Å²) in [5, 5.41) is 13.8. The van der Waals surface area contributed by atoms with E-state index in [1.807, 2.05) is 51.5 Å². The number of carboxylic acid groups (broad SMARTS) is 1. The fourth-order valence-electron chi connectivity index (χ4n) is 2.77. The molecule has 2 rings (SSSR count). The number of carbonyl (C=O) groups excluding carboxylic acids is 2. The number of nitrogens with zero attached hydrogens (tertiary/aromatic N) is 2. The zero-order valence-corrected chi connectivity index (χ0v) is 16.7. The minimum Gasteiger partial charge on any atom is -0.550 e. The Hall–Kier alpha value is -3.06. The van der Waals surface area contributed by atoms with Gasteiger partial charge in [0.2, 0.25) is 0 Å². The van der Waals surface area contributed by atoms with Gasteiger partial charge in [0.1, 0.15) is 11.5 Å². The molecular weight excluding hydrogens is 358 g/mol. The maximum Gasteiger partial charge on any atom is 0.322 e. The second-order valence-electron chi connectivity index (χ2n) is 7.66. The summed E-state index contributed by atoms with van der Waals surface area (Å²) in [6, 6.07) is 15.6. The largest absolute Gasteiger partial charge is 0.550 e. The number of quaternary nitrogens is 1. The standard InChI is InChI=1S/C21H27N3O4/c1-23(21(27)22-16(14-20(25)26)15-24(2,3)4)17-10-12-19(13-11-17)28-18-8-6-5-7-9-18/h5-13,16H,14-15H2,1-4H3,(H-,22,25,26,27)/t16-/m1/s1. The van der Waals surface area contributed by atoms with Crippen molar-refractivity contribution in [1.82, 2.24) is 5.32 Å². The highest BCUT2D eigenvalue weighted by Gasteiger charge is 2.22. The van der Waals surface area contributed by atoms with Crippen LogP contribution in [0.4, 0.5) is 10.5 Å². The number of carbonyl (C=O) groups is 2. The molecule has 7 nitrogen and oxygen atoms in total. The van der Waals surface area contributed by atoms with Crippen LogP contribution in [0.15, 0.2) is 54.6 Å². The lowest BCUT2D eigenvalue weighted by Gasteiger charge is -2.31. The molecule has 1 atom stereocenters. The number of carboxylic acids is 1. The highest BCUT2D eigenvalue weighted by molar-refractivity contribution is 5.91. The van der Waals surface area contributed by atoms with E-state index in [1.165, 1.54) is 4.90 Å². The number of ether oxygens (including phenoxy) is 1. The van der Waals surface area contributed by atoms with Crippen molar-refractivity contribution in [2.45, 2.75) is 12.5 Å². The molecule has 0 aliphatic carbocycles. The van der Waals surface area contributed by atoms with E-state index in [1.54, 1.807) is 31.3 Å². The van der Waals surface area contributed by atoms with E-state index in [0.717, 1.165) is 5.75 Å². The summed E-state index contributed by atoms with van der Waals surface area (Å²) < 4.78 is 6.26. The van der Waals surface area contributed by atoms with Crippen molar-refractivity contribution >= 4 is 17.7 Å². The number of urea groups is 1. The van der Waals surface area contributed by atoms with Gasteiger partial charge in [-0.3, -0.25) is 4.90 Å². The van der Waals surface area contributed by atoms with E-state index in [4.69, 9.17) is 4.74 Å². The van der Waals surface area contributed by atoms with Crippen LogP contribution in [0.25, 0.3) is 0 Å². The summed E-state index contributed by atoms with van der Waals surface area (Å²) in [6.45, 7) is 0.470. The van der Waals surface area contributed by atoms with E-state index >= 15 is 0 Å². The number of likely N-dealkylation sites (N-methyl/N-ethyl adjacent to an activating group) is 1. The topological polar surface area (TPSA) is 81.7 Å². The fourth-order valence-corrected chi connectivity index (χ4v) is 2.77. The molecule has 0 bridgehead atoms. The summed E-state index contributed by atoms with van der Waals surface area (Å²) in [7, 11) is 7.43. The Kier molecular flexibility index (Phi) is 7.00. The predicted octanol–water partition coefficient (Wildman–Crippen LogP) is 1.84. The van der Waals surface area contributed by atoms with Crippen molar-refractivity contribution in [3.63, 3.8) is 0 Å². The van der Waals surface area contributed by atoms with E-state index in [0.29, 0.717) is 22.5 Å². The molecule has 7 heteroatoms. The summed E-state index contributed by atoms with van der Waals surface area (Å²) in [5.74, 6) is 0.194. The van der Waals surface area contributed by atoms with Crippen LogP contribution >= 0.6 is 0 Å². The summed E-state index contributed by atoms with van der Waals surface area (Å²) in [4.78, 5) is 25.0. The highest BCUT2D eigenvalue weighted by atomic mass is 16.5. The number of rotatable bonds is 8. The smallest absolute Gasteiger partial charge is 0.322 e. The molecule has 0 heterocycles. The van der Waals surface area contributed by atoms with Gasteiger partial charge < -0.3 is 24.4 Å². The van der Waals surface area contributed by atoms with Gasteiger partial charge in [-0.2, -0.15) is 0 Å². The maximum absolute atomic E-state index is 12.6. The molecule has 150 valence electrons. The molecule has 0 radical (unpaired) electrons. The summed E-state index contributed by atoms with van der Waals surface area (Å²) >= 11 is 0. The first kappa shape index (κ1) is 21.2. The molecule has 2 aromatic rings. The van der Waals surface area contributed by atoms with Crippen molar-refractivity contribution in [1.29, 1.82) is 0 Å². The van der Waals surface area contributed by atoms with Gasteiger partial charge in [-0.1, -0.05) is 18.2 Å². The van der Waals surface area contributed by atoms with Crippen LogP contribution in [0.1, 0.15) is 6.42 Å². The minimum atomic E-state index is -1.19. The number of benzene rings is 2. The van der Waals surface area contributed by atoms with Crippen LogP contribution in [0.2, 0.25) is 0 Å². The monoisotopic (exact) mass is 385 g/mol. The number of hydrogen-bond donors (Lipinski definition) is 1. The van der Waals surface area contributed by atoms with Gasteiger partial charge in [0.15, 0.2) is 0 Å². The van der Waals surface area contributed by atoms with Crippen molar-refractivity contribution in [2.24, 2.45) is 0 Å². The van der Waals surface area contributed by atoms with E-state index in [2.05, 4.69) is 5.32 Å². The van der Waals surface area contributed by atoms with Crippen LogP contribution in [-0.2, 0) is 4.79 Å². The zero-order chi connectivity index (χ0) is 20.7. The van der Waals surface area contributed by atoms with Gasteiger partial charge in [0.25, 0.3) is 0 Å². The van der Waals surface area contributed by atoms with Crippen molar-refractivity contribution in [2.75, 3.05) is 39.6 Å². The summed E-state index contributed by atoms with van der Waals surface area (Å²) in [6.07, 6.45) is -0.237. The lowest BCUT2D eigenvalue weighted by molar-refractivity contribution is -0.871. The van der Waals surface area contributed by atoms with Gasteiger partial charge in [-0.15, -0.1) is 0 Å². The third kappa shape index (κ3) is 6.92. The fraction of sp³-hybridized carbons (Fsp3) is 0.333. The van der Waals surface area contributed by atoms with Crippen LogP contribution in [0.5, 0.6) is 11.5 Å². The quantitative estimate of drug-likeness (QED) is 0.703. The molecule has 28 heavy (non-hydrogen) atoms. The molecule has 0 fully saturated rings. The molecule has 0 aliphatic heterocycles.